The van der Waals surface area contributed by atoms with Crippen LogP contribution in [-0.4, -0.2) is 26.4 Å². The van der Waals surface area contributed by atoms with Crippen molar-refractivity contribution in [2.24, 2.45) is 0 Å². The highest BCUT2D eigenvalue weighted by molar-refractivity contribution is 7.99. The number of aryl methyl sites for hydroxylation is 1. The van der Waals surface area contributed by atoms with Crippen LogP contribution >= 0.6 is 46.3 Å². The molecule has 0 fully saturated rings. The van der Waals surface area contributed by atoms with Crippen molar-refractivity contribution in [1.82, 2.24) is 14.8 Å². The molecule has 0 bridgehead atoms. The number of thioether (sulfide) groups is 1. The van der Waals surface area contributed by atoms with E-state index in [4.69, 9.17) is 27.9 Å². The van der Waals surface area contributed by atoms with Crippen molar-refractivity contribution in [3.63, 3.8) is 0 Å². The van der Waals surface area contributed by atoms with Gasteiger partial charge in [0.25, 0.3) is 0 Å². The Balaban J connectivity index is 1.38. The molecule has 184 valence electrons. The predicted molar refractivity (Wildman–Crippen MR) is 141 cm³/mol. The predicted octanol–water partition coefficient (Wildman–Crippen LogP) is 6.51. The van der Waals surface area contributed by atoms with E-state index >= 15 is 0 Å². The molecule has 1 aromatic carbocycles. The fourth-order valence-corrected chi connectivity index (χ4v) is 6.54. The largest absolute Gasteiger partial charge is 0.484 e. The second kappa shape index (κ2) is 12.1. The maximum atomic E-state index is 12.7. The van der Waals surface area contributed by atoms with E-state index in [2.05, 4.69) is 21.6 Å². The zero-order valence-corrected chi connectivity index (χ0v) is 22.4. The number of halogens is 2. The number of rotatable bonds is 8. The van der Waals surface area contributed by atoms with Crippen LogP contribution in [0.15, 0.2) is 23.4 Å². The van der Waals surface area contributed by atoms with Crippen LogP contribution in [0.5, 0.6) is 5.75 Å². The monoisotopic (exact) mass is 549 g/mol. The number of hydrogen-bond donors (Lipinski definition) is 1. The molecule has 0 unspecified atom stereocenters. The molecule has 2 aromatic heterocycles. The van der Waals surface area contributed by atoms with Gasteiger partial charge in [0.05, 0.1) is 16.3 Å². The van der Waals surface area contributed by atoms with Crippen LogP contribution in [0.4, 0.5) is 5.00 Å². The Kier molecular flexibility index (Phi) is 8.95. The lowest BCUT2D eigenvalue weighted by Gasteiger charge is -2.10. The van der Waals surface area contributed by atoms with Gasteiger partial charge in [0.2, 0.25) is 5.91 Å². The van der Waals surface area contributed by atoms with Crippen molar-refractivity contribution in [2.45, 2.75) is 63.8 Å². The van der Waals surface area contributed by atoms with E-state index in [-0.39, 0.29) is 18.3 Å². The highest BCUT2D eigenvalue weighted by Crippen LogP contribution is 2.36. The molecule has 0 atom stereocenters. The Labute approximate surface area is 222 Å². The molecule has 2 heterocycles. The molecule has 35 heavy (non-hydrogen) atoms. The van der Waals surface area contributed by atoms with Crippen LogP contribution in [0, 0.1) is 11.3 Å². The number of benzene rings is 1. The molecule has 0 saturated carbocycles. The number of anilines is 1. The van der Waals surface area contributed by atoms with Gasteiger partial charge in [-0.1, -0.05) is 47.8 Å². The summed E-state index contributed by atoms with van der Waals surface area (Å²) in [7, 11) is 0. The lowest BCUT2D eigenvalue weighted by Crippen LogP contribution is -2.15. The minimum absolute atomic E-state index is 0.162. The summed E-state index contributed by atoms with van der Waals surface area (Å²) in [4.78, 5) is 14.0. The van der Waals surface area contributed by atoms with Crippen LogP contribution in [0.2, 0.25) is 10.0 Å². The highest BCUT2D eigenvalue weighted by atomic mass is 35.5. The van der Waals surface area contributed by atoms with Crippen molar-refractivity contribution in [3.05, 3.63) is 50.1 Å². The first-order valence-electron chi connectivity index (χ1n) is 11.5. The number of hydrogen-bond acceptors (Lipinski definition) is 7. The molecule has 1 amide bonds. The molecular weight excluding hydrogens is 525 g/mol. The van der Waals surface area contributed by atoms with Crippen molar-refractivity contribution >= 4 is 57.2 Å². The van der Waals surface area contributed by atoms with E-state index in [1.165, 1.54) is 29.5 Å². The topological polar surface area (TPSA) is 92.8 Å². The molecule has 4 rings (SSSR count). The van der Waals surface area contributed by atoms with Crippen LogP contribution in [-0.2, 0) is 30.8 Å². The first-order chi connectivity index (χ1) is 17.0. The lowest BCUT2D eigenvalue weighted by molar-refractivity contribution is -0.113. The molecule has 0 spiro atoms. The molecule has 1 aliphatic carbocycles. The Hall–Kier alpha value is -2.25. The standard InChI is InChI=1S/C24H25Cl2N5O2S2/c1-2-31-21(13-33-19-10-9-15(25)11-18(19)26)29-30-24(31)34-14-22(32)28-23-17(12-27)16-7-5-3-4-6-8-20(16)35-23/h9-11H,2-8,13-14H2,1H3,(H,28,32). The second-order valence-electron chi connectivity index (χ2n) is 8.08. The van der Waals surface area contributed by atoms with Gasteiger partial charge in [-0.3, -0.25) is 4.79 Å². The summed E-state index contributed by atoms with van der Waals surface area (Å²) in [6.45, 7) is 2.79. The van der Waals surface area contributed by atoms with Crippen LogP contribution < -0.4 is 10.1 Å². The van der Waals surface area contributed by atoms with Gasteiger partial charge in [-0.05, 0) is 56.4 Å². The van der Waals surface area contributed by atoms with E-state index in [1.54, 1.807) is 29.5 Å². The van der Waals surface area contributed by atoms with Crippen LogP contribution in [0.1, 0.15) is 54.4 Å². The number of ether oxygens (including phenoxy) is 1. The molecule has 0 radical (unpaired) electrons. The lowest BCUT2D eigenvalue weighted by atomic mass is 9.97. The molecule has 0 aliphatic heterocycles. The third-order valence-electron chi connectivity index (χ3n) is 5.73. The Bertz CT molecular complexity index is 1250. The fraction of sp³-hybridized carbons (Fsp3) is 0.417. The maximum Gasteiger partial charge on any atom is 0.235 e. The summed E-state index contributed by atoms with van der Waals surface area (Å²) in [6, 6.07) is 7.35. The number of nitrogens with one attached hydrogen (secondary N) is 1. The minimum Gasteiger partial charge on any atom is -0.484 e. The zero-order valence-electron chi connectivity index (χ0n) is 19.3. The van der Waals surface area contributed by atoms with Gasteiger partial charge in [-0.15, -0.1) is 21.5 Å². The average Bonchev–Trinajstić information content (AvgIpc) is 3.36. The number of carbonyl (C=O) groups is 1. The maximum absolute atomic E-state index is 12.7. The van der Waals surface area contributed by atoms with Gasteiger partial charge >= 0.3 is 0 Å². The van der Waals surface area contributed by atoms with Crippen molar-refractivity contribution in [2.75, 3.05) is 11.1 Å². The number of thiophene rings is 1. The zero-order chi connectivity index (χ0) is 24.8. The Morgan fingerprint density at radius 1 is 1.26 bits per heavy atom. The number of aromatic nitrogens is 3. The molecule has 1 N–H and O–H groups in total. The number of fused-ring (bicyclic) bond motifs is 1. The first-order valence-corrected chi connectivity index (χ1v) is 14.0. The SMILES string of the molecule is CCn1c(COc2ccc(Cl)cc2Cl)nnc1SCC(=O)Nc1sc2c(c1C#N)CCCCCC2. The summed E-state index contributed by atoms with van der Waals surface area (Å²) >= 11 is 15.0. The average molecular weight is 551 g/mol. The van der Waals surface area contributed by atoms with Gasteiger partial charge < -0.3 is 14.6 Å². The summed E-state index contributed by atoms with van der Waals surface area (Å²) in [5.74, 6) is 1.13. The summed E-state index contributed by atoms with van der Waals surface area (Å²) in [6.07, 6.45) is 6.51. The van der Waals surface area contributed by atoms with Gasteiger partial charge in [0.1, 0.15) is 23.4 Å². The van der Waals surface area contributed by atoms with Gasteiger partial charge in [-0.2, -0.15) is 5.26 Å². The van der Waals surface area contributed by atoms with E-state index in [1.807, 2.05) is 11.5 Å². The smallest absolute Gasteiger partial charge is 0.235 e. The van der Waals surface area contributed by atoms with E-state index in [0.29, 0.717) is 43.9 Å². The minimum atomic E-state index is -0.169. The molecule has 7 nitrogen and oxygen atoms in total. The number of nitriles is 1. The highest BCUT2D eigenvalue weighted by Gasteiger charge is 2.21. The number of nitrogens with zero attached hydrogens (tertiary/aromatic N) is 4. The molecule has 3 aromatic rings. The summed E-state index contributed by atoms with van der Waals surface area (Å²) in [5.41, 5.74) is 1.75. The van der Waals surface area contributed by atoms with E-state index < -0.39 is 0 Å². The second-order valence-corrected chi connectivity index (χ2v) is 11.0. The third-order valence-corrected chi connectivity index (χ3v) is 8.43. The number of amides is 1. The molecular formula is C24H25Cl2N5O2S2. The van der Waals surface area contributed by atoms with Gasteiger partial charge in [0.15, 0.2) is 11.0 Å². The third kappa shape index (κ3) is 6.31. The summed E-state index contributed by atoms with van der Waals surface area (Å²) in [5, 5.41) is 23.4. The van der Waals surface area contributed by atoms with E-state index in [0.717, 1.165) is 31.2 Å². The Morgan fingerprint density at radius 2 is 2.06 bits per heavy atom. The fourth-order valence-electron chi connectivity index (χ4n) is 4.00. The first kappa shape index (κ1) is 25.8. The molecule has 1 aliphatic rings. The van der Waals surface area contributed by atoms with Crippen molar-refractivity contribution in [3.8, 4) is 11.8 Å². The molecule has 0 saturated heterocycles. The van der Waals surface area contributed by atoms with Crippen LogP contribution in [0.25, 0.3) is 0 Å². The van der Waals surface area contributed by atoms with Gasteiger partial charge in [-0.25, -0.2) is 0 Å². The van der Waals surface area contributed by atoms with Crippen LogP contribution in [0.3, 0.4) is 0 Å². The quantitative estimate of drug-likeness (QED) is 0.322. The Morgan fingerprint density at radius 3 is 2.80 bits per heavy atom. The molecule has 11 heteroatoms. The summed E-state index contributed by atoms with van der Waals surface area (Å²) < 4.78 is 7.69. The van der Waals surface area contributed by atoms with Gasteiger partial charge in [0, 0.05) is 16.4 Å². The normalized spacial score (nSPS) is 13.4. The van der Waals surface area contributed by atoms with Crippen molar-refractivity contribution < 1.29 is 9.53 Å². The van der Waals surface area contributed by atoms with Crippen molar-refractivity contribution in [1.29, 1.82) is 5.26 Å². The van der Waals surface area contributed by atoms with E-state index in [9.17, 15) is 10.1 Å². The number of carbonyl (C=O) groups excluding carboxylic acids is 1.